The molecule has 0 aliphatic rings. The molecular formula is C13H8BrClO2. The number of carbonyl (C=O) groups is 1. The monoisotopic (exact) mass is 310 g/mol. The molecule has 0 saturated carbocycles. The second-order valence-corrected chi connectivity index (χ2v) is 4.54. The van der Waals surface area contributed by atoms with Gasteiger partial charge in [0.2, 0.25) is 0 Å². The van der Waals surface area contributed by atoms with Gasteiger partial charge in [0.15, 0.2) is 0 Å². The highest BCUT2D eigenvalue weighted by atomic mass is 79.9. The average molecular weight is 312 g/mol. The third-order valence-electron chi connectivity index (χ3n) is 2.16. The van der Waals surface area contributed by atoms with E-state index in [4.69, 9.17) is 16.3 Å². The molecule has 0 radical (unpaired) electrons. The predicted octanol–water partition coefficient (Wildman–Crippen LogP) is 4.71. The van der Waals surface area contributed by atoms with Crippen molar-refractivity contribution in [2.75, 3.05) is 0 Å². The Bertz CT molecular complexity index is 538. The van der Waals surface area contributed by atoms with Crippen LogP contribution in [-0.4, -0.2) is 6.29 Å². The molecule has 0 N–H and O–H groups in total. The topological polar surface area (TPSA) is 26.3 Å². The molecule has 0 unspecified atom stereocenters. The SMILES string of the molecule is O=Cc1ccc(Oc2cccc(Cl)c2Br)cc1. The van der Waals surface area contributed by atoms with Crippen molar-refractivity contribution in [1.29, 1.82) is 0 Å². The van der Waals surface area contributed by atoms with Gasteiger partial charge in [0.05, 0.1) is 9.50 Å². The molecule has 0 heterocycles. The molecule has 0 spiro atoms. The number of hydrogen-bond acceptors (Lipinski definition) is 2. The second-order valence-electron chi connectivity index (χ2n) is 3.34. The van der Waals surface area contributed by atoms with Crippen molar-refractivity contribution >= 4 is 33.8 Å². The minimum atomic E-state index is 0.590. The first-order valence-corrected chi connectivity index (χ1v) is 6.05. The molecule has 0 fully saturated rings. The molecule has 2 rings (SSSR count). The van der Waals surface area contributed by atoms with Crippen LogP contribution in [0.25, 0.3) is 0 Å². The summed E-state index contributed by atoms with van der Waals surface area (Å²) in [6.07, 6.45) is 0.791. The van der Waals surface area contributed by atoms with E-state index in [1.54, 1.807) is 30.3 Å². The highest BCUT2D eigenvalue weighted by molar-refractivity contribution is 9.10. The van der Waals surface area contributed by atoms with E-state index >= 15 is 0 Å². The molecule has 2 aromatic rings. The maximum atomic E-state index is 10.5. The molecule has 0 aliphatic heterocycles. The van der Waals surface area contributed by atoms with Crippen LogP contribution in [0.1, 0.15) is 10.4 Å². The fourth-order valence-corrected chi connectivity index (χ4v) is 1.82. The highest BCUT2D eigenvalue weighted by Gasteiger charge is 2.05. The van der Waals surface area contributed by atoms with E-state index in [0.717, 1.165) is 6.29 Å². The molecule has 4 heteroatoms. The van der Waals surface area contributed by atoms with E-state index in [0.29, 0.717) is 26.6 Å². The zero-order valence-corrected chi connectivity index (χ0v) is 11.0. The molecule has 86 valence electrons. The van der Waals surface area contributed by atoms with Crippen LogP contribution in [0, 0.1) is 0 Å². The van der Waals surface area contributed by atoms with Gasteiger partial charge in [0.25, 0.3) is 0 Å². The first kappa shape index (κ1) is 12.1. The summed E-state index contributed by atoms with van der Waals surface area (Å²) in [5.41, 5.74) is 0.613. The van der Waals surface area contributed by atoms with Gasteiger partial charge in [-0.1, -0.05) is 17.7 Å². The number of ether oxygens (including phenoxy) is 1. The second kappa shape index (κ2) is 5.34. The van der Waals surface area contributed by atoms with Crippen LogP contribution in [0.5, 0.6) is 11.5 Å². The Labute approximate surface area is 112 Å². The largest absolute Gasteiger partial charge is 0.456 e. The summed E-state index contributed by atoms with van der Waals surface area (Å²) < 4.78 is 6.35. The van der Waals surface area contributed by atoms with Crippen molar-refractivity contribution in [2.45, 2.75) is 0 Å². The first-order valence-electron chi connectivity index (χ1n) is 4.88. The fraction of sp³-hybridized carbons (Fsp3) is 0. The number of halogens is 2. The Morgan fingerprint density at radius 1 is 1.12 bits per heavy atom. The van der Waals surface area contributed by atoms with Crippen molar-refractivity contribution in [3.63, 3.8) is 0 Å². The Morgan fingerprint density at radius 2 is 1.82 bits per heavy atom. The summed E-state index contributed by atoms with van der Waals surface area (Å²) >= 11 is 9.31. The molecule has 0 aliphatic carbocycles. The Hall–Kier alpha value is -1.32. The fourth-order valence-electron chi connectivity index (χ4n) is 1.30. The lowest BCUT2D eigenvalue weighted by atomic mass is 10.2. The molecule has 0 bridgehead atoms. The molecular weight excluding hydrogens is 303 g/mol. The summed E-state index contributed by atoms with van der Waals surface area (Å²) in [6, 6.07) is 12.2. The lowest BCUT2D eigenvalue weighted by molar-refractivity contribution is 0.112. The summed E-state index contributed by atoms with van der Waals surface area (Å²) in [6.45, 7) is 0. The Morgan fingerprint density at radius 3 is 2.47 bits per heavy atom. The van der Waals surface area contributed by atoms with E-state index in [2.05, 4.69) is 15.9 Å². The molecule has 0 aromatic heterocycles. The lowest BCUT2D eigenvalue weighted by Crippen LogP contribution is -1.86. The first-order chi connectivity index (χ1) is 8.20. The van der Waals surface area contributed by atoms with Gasteiger partial charge in [0, 0.05) is 5.56 Å². The third-order valence-corrected chi connectivity index (χ3v) is 3.52. The van der Waals surface area contributed by atoms with Gasteiger partial charge >= 0.3 is 0 Å². The highest BCUT2D eigenvalue weighted by Crippen LogP contribution is 2.34. The quantitative estimate of drug-likeness (QED) is 0.768. The lowest BCUT2D eigenvalue weighted by Gasteiger charge is -2.08. The van der Waals surface area contributed by atoms with Crippen molar-refractivity contribution in [3.8, 4) is 11.5 Å². The van der Waals surface area contributed by atoms with E-state index in [-0.39, 0.29) is 0 Å². The maximum Gasteiger partial charge on any atom is 0.150 e. The number of hydrogen-bond donors (Lipinski definition) is 0. The van der Waals surface area contributed by atoms with Crippen molar-refractivity contribution in [2.24, 2.45) is 0 Å². The molecule has 2 aromatic carbocycles. The smallest absolute Gasteiger partial charge is 0.150 e. The van der Waals surface area contributed by atoms with Crippen LogP contribution >= 0.6 is 27.5 Å². The van der Waals surface area contributed by atoms with Gasteiger partial charge in [-0.05, 0) is 52.3 Å². The van der Waals surface area contributed by atoms with Crippen LogP contribution < -0.4 is 4.74 Å². The van der Waals surface area contributed by atoms with Crippen LogP contribution in [-0.2, 0) is 0 Å². The van der Waals surface area contributed by atoms with E-state index in [9.17, 15) is 4.79 Å². The van der Waals surface area contributed by atoms with Gasteiger partial charge in [0.1, 0.15) is 17.8 Å². The summed E-state index contributed by atoms with van der Waals surface area (Å²) in [4.78, 5) is 10.5. The number of carbonyl (C=O) groups excluding carboxylic acids is 1. The summed E-state index contributed by atoms with van der Waals surface area (Å²) in [7, 11) is 0. The van der Waals surface area contributed by atoms with E-state index in [1.807, 2.05) is 12.1 Å². The van der Waals surface area contributed by atoms with Gasteiger partial charge in [-0.2, -0.15) is 0 Å². The minimum absolute atomic E-state index is 0.590. The van der Waals surface area contributed by atoms with Gasteiger partial charge < -0.3 is 4.74 Å². The molecule has 0 saturated heterocycles. The van der Waals surface area contributed by atoms with Crippen LogP contribution in [0.4, 0.5) is 0 Å². The van der Waals surface area contributed by atoms with Crippen molar-refractivity contribution in [1.82, 2.24) is 0 Å². The maximum absolute atomic E-state index is 10.5. The zero-order chi connectivity index (χ0) is 12.3. The van der Waals surface area contributed by atoms with Crippen molar-refractivity contribution < 1.29 is 9.53 Å². The third kappa shape index (κ3) is 2.87. The normalized spacial score (nSPS) is 10.0. The van der Waals surface area contributed by atoms with E-state index < -0.39 is 0 Å². The standard InChI is InChI=1S/C13H8BrClO2/c14-13-11(15)2-1-3-12(13)17-10-6-4-9(8-16)5-7-10/h1-8H. The van der Waals surface area contributed by atoms with Gasteiger partial charge in [-0.15, -0.1) is 0 Å². The van der Waals surface area contributed by atoms with E-state index in [1.165, 1.54) is 0 Å². The number of aldehydes is 1. The molecule has 0 amide bonds. The predicted molar refractivity (Wildman–Crippen MR) is 71.1 cm³/mol. The summed E-state index contributed by atoms with van der Waals surface area (Å²) in [5, 5.41) is 0.590. The Balaban J connectivity index is 2.25. The van der Waals surface area contributed by atoms with Crippen LogP contribution in [0.2, 0.25) is 5.02 Å². The molecule has 0 atom stereocenters. The number of benzene rings is 2. The van der Waals surface area contributed by atoms with Gasteiger partial charge in [-0.25, -0.2) is 0 Å². The van der Waals surface area contributed by atoms with Crippen LogP contribution in [0.3, 0.4) is 0 Å². The molecule has 17 heavy (non-hydrogen) atoms. The average Bonchev–Trinajstić information content (AvgIpc) is 2.36. The number of rotatable bonds is 3. The molecule has 2 nitrogen and oxygen atoms in total. The zero-order valence-electron chi connectivity index (χ0n) is 8.69. The summed E-state index contributed by atoms with van der Waals surface area (Å²) in [5.74, 6) is 1.29. The Kier molecular flexibility index (Phi) is 3.82. The van der Waals surface area contributed by atoms with Crippen LogP contribution in [0.15, 0.2) is 46.9 Å². The van der Waals surface area contributed by atoms with Crippen molar-refractivity contribution in [3.05, 3.63) is 57.5 Å². The minimum Gasteiger partial charge on any atom is -0.456 e. The van der Waals surface area contributed by atoms with Gasteiger partial charge in [-0.3, -0.25) is 4.79 Å².